The van der Waals surface area contributed by atoms with E-state index in [1.807, 2.05) is 12.1 Å². The molecular weight excluding hydrogens is 365 g/mol. The van der Waals surface area contributed by atoms with Gasteiger partial charge in [-0.05, 0) is 42.5 Å². The average Bonchev–Trinajstić information content (AvgIpc) is 2.86. The van der Waals surface area contributed by atoms with Crippen LogP contribution in [0.25, 0.3) is 11.0 Å². The van der Waals surface area contributed by atoms with Gasteiger partial charge in [-0.15, -0.1) is 11.8 Å². The van der Waals surface area contributed by atoms with E-state index in [4.69, 9.17) is 0 Å². The first-order chi connectivity index (χ1) is 12.9. The Kier molecular flexibility index (Phi) is 5.70. The van der Waals surface area contributed by atoms with Crippen molar-refractivity contribution in [3.05, 3.63) is 58.3 Å². The summed E-state index contributed by atoms with van der Waals surface area (Å²) in [5.74, 6) is 0.0687. The van der Waals surface area contributed by atoms with Crippen LogP contribution in [0.5, 0.6) is 0 Å². The van der Waals surface area contributed by atoms with Crippen molar-refractivity contribution in [2.24, 2.45) is 14.1 Å². The van der Waals surface area contributed by atoms with Crippen molar-refractivity contribution in [1.29, 1.82) is 0 Å². The van der Waals surface area contributed by atoms with Crippen molar-refractivity contribution < 1.29 is 9.18 Å². The molecule has 0 fully saturated rings. The third-order valence-electron chi connectivity index (χ3n) is 4.46. The Morgan fingerprint density at radius 3 is 2.52 bits per heavy atom. The van der Waals surface area contributed by atoms with Gasteiger partial charge in [0.15, 0.2) is 0 Å². The molecule has 3 rings (SSSR count). The molecule has 0 aliphatic carbocycles. The third kappa shape index (κ3) is 3.93. The van der Waals surface area contributed by atoms with Crippen LogP contribution in [-0.4, -0.2) is 20.8 Å². The fourth-order valence-electron chi connectivity index (χ4n) is 2.89. The van der Waals surface area contributed by atoms with E-state index in [1.54, 1.807) is 41.1 Å². The standard InChI is InChI=1S/C20H22FN3O2S/c1-4-5-9-27-18-12-17-16(23(2)20(26)24(17)3)11-15(18)22-19(25)13-7-6-8-14(21)10-13/h6-8,10-12H,4-5,9H2,1-3H3,(H,22,25). The van der Waals surface area contributed by atoms with Crippen LogP contribution in [-0.2, 0) is 14.1 Å². The van der Waals surface area contributed by atoms with Gasteiger partial charge < -0.3 is 5.32 Å². The van der Waals surface area contributed by atoms with Gasteiger partial charge in [-0.25, -0.2) is 9.18 Å². The fourth-order valence-corrected chi connectivity index (χ4v) is 4.01. The van der Waals surface area contributed by atoms with Crippen LogP contribution >= 0.6 is 11.8 Å². The van der Waals surface area contributed by atoms with Crippen molar-refractivity contribution >= 4 is 34.4 Å². The summed E-state index contributed by atoms with van der Waals surface area (Å²) in [6, 6.07) is 9.31. The number of carbonyl (C=O) groups excluding carboxylic acids is 1. The van der Waals surface area contributed by atoms with Gasteiger partial charge in [-0.1, -0.05) is 19.4 Å². The van der Waals surface area contributed by atoms with E-state index < -0.39 is 5.82 Å². The van der Waals surface area contributed by atoms with Crippen molar-refractivity contribution in [1.82, 2.24) is 9.13 Å². The van der Waals surface area contributed by atoms with Crippen molar-refractivity contribution in [3.63, 3.8) is 0 Å². The number of aryl methyl sites for hydroxylation is 2. The van der Waals surface area contributed by atoms with E-state index in [2.05, 4.69) is 12.2 Å². The van der Waals surface area contributed by atoms with Gasteiger partial charge in [-0.2, -0.15) is 0 Å². The summed E-state index contributed by atoms with van der Waals surface area (Å²) < 4.78 is 16.6. The molecule has 0 unspecified atom stereocenters. The normalized spacial score (nSPS) is 11.1. The van der Waals surface area contributed by atoms with Crippen LogP contribution < -0.4 is 11.0 Å². The number of aromatic nitrogens is 2. The van der Waals surface area contributed by atoms with Crippen LogP contribution in [0.1, 0.15) is 30.1 Å². The lowest BCUT2D eigenvalue weighted by molar-refractivity contribution is 0.102. The topological polar surface area (TPSA) is 56.0 Å². The zero-order valence-corrected chi connectivity index (χ0v) is 16.4. The van der Waals surface area contributed by atoms with E-state index in [0.717, 1.165) is 34.5 Å². The lowest BCUT2D eigenvalue weighted by atomic mass is 10.2. The molecule has 5 nitrogen and oxygen atoms in total. The molecule has 0 bridgehead atoms. The molecule has 0 atom stereocenters. The Labute approximate surface area is 161 Å². The number of nitrogens with one attached hydrogen (secondary N) is 1. The average molecular weight is 387 g/mol. The molecule has 3 aromatic rings. The third-order valence-corrected chi connectivity index (χ3v) is 5.61. The molecule has 1 amide bonds. The number of thioether (sulfide) groups is 1. The summed E-state index contributed by atoms with van der Waals surface area (Å²) in [5.41, 5.74) is 2.30. The zero-order valence-electron chi connectivity index (χ0n) is 15.6. The first-order valence-corrected chi connectivity index (χ1v) is 9.80. The number of hydrogen-bond acceptors (Lipinski definition) is 3. The van der Waals surface area contributed by atoms with E-state index in [-0.39, 0.29) is 17.2 Å². The zero-order chi connectivity index (χ0) is 19.6. The van der Waals surface area contributed by atoms with Crippen LogP contribution in [0.15, 0.2) is 46.1 Å². The Morgan fingerprint density at radius 2 is 1.85 bits per heavy atom. The molecule has 27 heavy (non-hydrogen) atoms. The summed E-state index contributed by atoms with van der Waals surface area (Å²) >= 11 is 1.64. The molecule has 1 N–H and O–H groups in total. The lowest BCUT2D eigenvalue weighted by Gasteiger charge is -2.12. The number of fused-ring (bicyclic) bond motifs is 1. The molecule has 0 aliphatic heterocycles. The summed E-state index contributed by atoms with van der Waals surface area (Å²) in [5, 5.41) is 2.88. The molecule has 7 heteroatoms. The molecule has 0 saturated heterocycles. The first-order valence-electron chi connectivity index (χ1n) is 8.81. The van der Waals surface area contributed by atoms with E-state index in [0.29, 0.717) is 5.69 Å². The second-order valence-electron chi connectivity index (χ2n) is 6.40. The number of anilines is 1. The monoisotopic (exact) mass is 387 g/mol. The molecule has 0 spiro atoms. The van der Waals surface area contributed by atoms with Gasteiger partial charge in [0, 0.05) is 24.6 Å². The maximum Gasteiger partial charge on any atom is 0.328 e. The molecule has 1 aromatic heterocycles. The number of rotatable bonds is 6. The number of amides is 1. The summed E-state index contributed by atoms with van der Waals surface area (Å²) in [4.78, 5) is 25.7. The highest BCUT2D eigenvalue weighted by Gasteiger charge is 2.15. The van der Waals surface area contributed by atoms with E-state index in [9.17, 15) is 14.0 Å². The van der Waals surface area contributed by atoms with Gasteiger partial charge in [0.05, 0.1) is 16.7 Å². The SMILES string of the molecule is CCCCSc1cc2c(cc1NC(=O)c1cccc(F)c1)n(C)c(=O)n2C. The van der Waals surface area contributed by atoms with E-state index in [1.165, 1.54) is 18.2 Å². The second kappa shape index (κ2) is 8.00. The Hall–Kier alpha value is -2.54. The Balaban J connectivity index is 2.03. The van der Waals surface area contributed by atoms with Crippen LogP contribution in [0.3, 0.4) is 0 Å². The molecule has 0 radical (unpaired) electrons. The van der Waals surface area contributed by atoms with Crippen LogP contribution in [0, 0.1) is 5.82 Å². The number of nitrogens with zero attached hydrogens (tertiary/aromatic N) is 2. The van der Waals surface area contributed by atoms with Crippen LogP contribution in [0.4, 0.5) is 10.1 Å². The highest BCUT2D eigenvalue weighted by atomic mass is 32.2. The minimum atomic E-state index is -0.457. The fraction of sp³-hybridized carbons (Fsp3) is 0.300. The minimum Gasteiger partial charge on any atom is -0.321 e. The minimum absolute atomic E-state index is 0.122. The van der Waals surface area contributed by atoms with Gasteiger partial charge in [0.1, 0.15) is 5.82 Å². The predicted octanol–water partition coefficient (Wildman–Crippen LogP) is 4.16. The number of unbranched alkanes of at least 4 members (excludes halogenated alkanes) is 1. The lowest BCUT2D eigenvalue weighted by Crippen LogP contribution is -2.19. The molecule has 142 valence electrons. The summed E-state index contributed by atoms with van der Waals surface area (Å²) in [6.45, 7) is 2.12. The maximum atomic E-state index is 13.4. The largest absolute Gasteiger partial charge is 0.328 e. The summed E-state index contributed by atoms with van der Waals surface area (Å²) in [6.07, 6.45) is 2.12. The Morgan fingerprint density at radius 1 is 1.15 bits per heavy atom. The number of hydrogen-bond donors (Lipinski definition) is 1. The molecule has 0 aliphatic rings. The number of halogens is 1. The van der Waals surface area contributed by atoms with E-state index >= 15 is 0 Å². The molecule has 1 heterocycles. The van der Waals surface area contributed by atoms with Crippen molar-refractivity contribution in [2.75, 3.05) is 11.1 Å². The van der Waals surface area contributed by atoms with Gasteiger partial charge in [-0.3, -0.25) is 13.9 Å². The van der Waals surface area contributed by atoms with Gasteiger partial charge >= 0.3 is 5.69 Å². The molecular formula is C20H22FN3O2S. The number of imidazole rings is 1. The second-order valence-corrected chi connectivity index (χ2v) is 7.54. The molecule has 2 aromatic carbocycles. The van der Waals surface area contributed by atoms with Crippen molar-refractivity contribution in [2.45, 2.75) is 24.7 Å². The first kappa shape index (κ1) is 19.2. The van der Waals surface area contributed by atoms with Gasteiger partial charge in [0.25, 0.3) is 5.91 Å². The number of carbonyl (C=O) groups is 1. The predicted molar refractivity (Wildman–Crippen MR) is 108 cm³/mol. The molecule has 0 saturated carbocycles. The Bertz CT molecular complexity index is 1060. The quantitative estimate of drug-likeness (QED) is 0.510. The summed E-state index contributed by atoms with van der Waals surface area (Å²) in [7, 11) is 3.43. The van der Waals surface area contributed by atoms with Crippen LogP contribution in [0.2, 0.25) is 0 Å². The smallest absolute Gasteiger partial charge is 0.321 e. The highest BCUT2D eigenvalue weighted by Crippen LogP contribution is 2.32. The van der Waals surface area contributed by atoms with Crippen molar-refractivity contribution in [3.8, 4) is 0 Å². The van der Waals surface area contributed by atoms with Gasteiger partial charge in [0.2, 0.25) is 0 Å². The highest BCUT2D eigenvalue weighted by molar-refractivity contribution is 7.99. The maximum absolute atomic E-state index is 13.4. The number of benzene rings is 2.